The van der Waals surface area contributed by atoms with Gasteiger partial charge in [-0.3, -0.25) is 0 Å². The zero-order chi connectivity index (χ0) is 43.0. The first kappa shape index (κ1) is 46.0. The second-order valence-corrected chi connectivity index (χ2v) is 25.5. The van der Waals surface area contributed by atoms with E-state index < -0.39 is 16.1 Å². The van der Waals surface area contributed by atoms with Crippen LogP contribution in [0, 0.1) is 23.4 Å². The van der Waals surface area contributed by atoms with Crippen LogP contribution in [0.15, 0.2) is 89.9 Å². The molecule has 2 aromatic heterocycles. The molecule has 0 radical (unpaired) electrons. The molecular weight excluding hydrogens is 845 g/mol. The van der Waals surface area contributed by atoms with Crippen molar-refractivity contribution in [3.8, 4) is 46.4 Å². The summed E-state index contributed by atoms with van der Waals surface area (Å²) in [5, 5.41) is 28.4. The Hall–Kier alpha value is -5.69. The second-order valence-electron chi connectivity index (χ2n) is 15.0. The molecule has 6 aromatic rings. The Bertz CT molecular complexity index is 2440. The van der Waals surface area contributed by atoms with Gasteiger partial charge in [0.15, 0.2) is 23.0 Å². The quantitative estimate of drug-likeness (QED) is 0.0526. The van der Waals surface area contributed by atoms with Crippen molar-refractivity contribution in [1.82, 2.24) is 19.9 Å². The van der Waals surface area contributed by atoms with Crippen molar-refractivity contribution in [3.05, 3.63) is 95.5 Å². The maximum atomic E-state index is 10.3. The highest BCUT2D eigenvalue weighted by Crippen LogP contribution is 2.35. The maximum absolute atomic E-state index is 10.3. The average Bonchev–Trinajstić information content (AvgIpc) is 3.18. The van der Waals surface area contributed by atoms with E-state index in [0.29, 0.717) is 71.4 Å². The molecule has 0 amide bonds. The summed E-state index contributed by atoms with van der Waals surface area (Å²) < 4.78 is 21.9. The molecular formula is C44H51BrN6O6Si2. The maximum Gasteiger partial charge on any atom is 0.163 e. The number of phenolic OH excluding ortho intramolecular Hbond substituents is 2. The predicted molar refractivity (Wildman–Crippen MR) is 247 cm³/mol. The SMILES string of the molecule is C#C[Si](C)(C)C.COCCOc1cc2ncnc(Nc3cccc(Br)c3)c2cc1O.COCCOc1cc2ncnc(Nc3cccc(C#C[Si](C)(C)C)c3)c2cc1O. The standard InChI is InChI=1S/C22H25N3O3Si.C17H16BrN3O3.C5H10Si/c1-27-9-10-28-21-14-19-18(13-20(21)26)22(24-15-23-19)25-17-7-5-6-16(12-17)8-11-29(2,3)4;1-23-5-6-24-16-9-14-13(8-15(16)22)17(20-10-19-14)21-12-4-2-3-11(18)7-12;1-5-6(2,3)4/h5-7,12-15,26H,9-10H2,1-4H3,(H,23,24,25);2-4,7-10,22H,5-6H2,1H3,(H,19,20,21);1H,2-4H3. The van der Waals surface area contributed by atoms with Crippen LogP contribution in [0.4, 0.5) is 23.0 Å². The van der Waals surface area contributed by atoms with Gasteiger partial charge in [-0.15, -0.1) is 17.5 Å². The van der Waals surface area contributed by atoms with E-state index in [-0.39, 0.29) is 11.5 Å². The highest BCUT2D eigenvalue weighted by molar-refractivity contribution is 9.10. The normalized spacial score (nSPS) is 10.8. The van der Waals surface area contributed by atoms with Gasteiger partial charge in [0.2, 0.25) is 0 Å². The van der Waals surface area contributed by atoms with Crippen LogP contribution in [0.5, 0.6) is 23.0 Å². The fourth-order valence-electron chi connectivity index (χ4n) is 4.82. The topological polar surface area (TPSA) is 153 Å². The molecule has 2 heterocycles. The second kappa shape index (κ2) is 21.9. The van der Waals surface area contributed by atoms with Crippen molar-refractivity contribution in [3.63, 3.8) is 0 Å². The van der Waals surface area contributed by atoms with Crippen molar-refractivity contribution in [2.24, 2.45) is 0 Å². The summed E-state index contributed by atoms with van der Waals surface area (Å²) in [6.45, 7) is 14.7. The smallest absolute Gasteiger partial charge is 0.163 e. The summed E-state index contributed by atoms with van der Waals surface area (Å²) in [6, 6.07) is 22.2. The number of aromatic nitrogens is 4. The number of terminal acetylenes is 1. The molecule has 0 saturated carbocycles. The van der Waals surface area contributed by atoms with E-state index in [0.717, 1.165) is 21.4 Å². The molecule has 12 nitrogen and oxygen atoms in total. The molecule has 0 aliphatic heterocycles. The molecule has 0 saturated heterocycles. The van der Waals surface area contributed by atoms with E-state index in [1.54, 1.807) is 38.5 Å². The van der Waals surface area contributed by atoms with Gasteiger partial charge in [-0.2, -0.15) is 0 Å². The monoisotopic (exact) mass is 894 g/mol. The summed E-state index contributed by atoms with van der Waals surface area (Å²) in [7, 11) is 0.647. The van der Waals surface area contributed by atoms with E-state index in [2.05, 4.69) is 103 Å². The molecule has 4 N–H and O–H groups in total. The Kier molecular flexibility index (Phi) is 17.1. The van der Waals surface area contributed by atoms with Gasteiger partial charge in [0, 0.05) is 58.5 Å². The first-order chi connectivity index (χ1) is 28.1. The van der Waals surface area contributed by atoms with Crippen LogP contribution in [0.1, 0.15) is 5.56 Å². The van der Waals surface area contributed by atoms with Gasteiger partial charge < -0.3 is 39.8 Å². The van der Waals surface area contributed by atoms with Gasteiger partial charge >= 0.3 is 0 Å². The summed E-state index contributed by atoms with van der Waals surface area (Å²) in [5.74, 6) is 5.26. The lowest BCUT2D eigenvalue weighted by molar-refractivity contribution is 0.144. The molecule has 0 aliphatic carbocycles. The highest BCUT2D eigenvalue weighted by atomic mass is 79.9. The van der Waals surface area contributed by atoms with Crippen LogP contribution in [-0.2, 0) is 9.47 Å². The summed E-state index contributed by atoms with van der Waals surface area (Å²) in [5.41, 5.74) is 10.2. The van der Waals surface area contributed by atoms with Crippen molar-refractivity contribution in [2.75, 3.05) is 51.3 Å². The van der Waals surface area contributed by atoms with Gasteiger partial charge in [-0.25, -0.2) is 19.9 Å². The zero-order valence-corrected chi connectivity index (χ0v) is 38.3. The lowest BCUT2D eigenvalue weighted by atomic mass is 10.2. The number of fused-ring (bicyclic) bond motifs is 2. The Morgan fingerprint density at radius 2 is 1.12 bits per heavy atom. The van der Waals surface area contributed by atoms with Crippen LogP contribution in [-0.4, -0.2) is 86.9 Å². The van der Waals surface area contributed by atoms with E-state index in [1.165, 1.54) is 12.7 Å². The van der Waals surface area contributed by atoms with Crippen molar-refractivity contribution in [2.45, 2.75) is 39.3 Å². The fourth-order valence-corrected chi connectivity index (χ4v) is 5.74. The number of phenols is 2. The number of rotatable bonds is 12. The van der Waals surface area contributed by atoms with Crippen molar-refractivity contribution >= 4 is 76.9 Å². The number of aromatic hydroxyl groups is 2. The largest absolute Gasteiger partial charge is 0.504 e. The van der Waals surface area contributed by atoms with Gasteiger partial charge in [0.1, 0.15) is 53.7 Å². The molecule has 0 atom stereocenters. The Labute approximate surface area is 356 Å². The fraction of sp³-hybridized carbons (Fsp3) is 0.273. The molecule has 0 spiro atoms. The third kappa shape index (κ3) is 15.2. The molecule has 4 aromatic carbocycles. The average molecular weight is 896 g/mol. The molecule has 59 heavy (non-hydrogen) atoms. The number of halogens is 1. The number of nitrogens with zero attached hydrogens (tertiary/aromatic N) is 4. The molecule has 6 rings (SSSR count). The minimum Gasteiger partial charge on any atom is -0.504 e. The molecule has 0 bridgehead atoms. The van der Waals surface area contributed by atoms with Crippen LogP contribution in [0.3, 0.4) is 0 Å². The molecule has 308 valence electrons. The third-order valence-electron chi connectivity index (χ3n) is 7.75. The Balaban J connectivity index is 0.000000232. The van der Waals surface area contributed by atoms with E-state index in [9.17, 15) is 10.2 Å². The Morgan fingerprint density at radius 3 is 1.56 bits per heavy atom. The summed E-state index contributed by atoms with van der Waals surface area (Å²) in [6.07, 6.45) is 8.07. The third-order valence-corrected chi connectivity index (χ3v) is 9.98. The van der Waals surface area contributed by atoms with Crippen LogP contribution in [0.2, 0.25) is 39.3 Å². The molecule has 15 heteroatoms. The molecule has 0 fully saturated rings. The lowest BCUT2D eigenvalue weighted by Crippen LogP contribution is -2.16. The number of nitrogens with one attached hydrogen (secondary N) is 2. The number of methoxy groups -OCH3 is 2. The number of ether oxygens (including phenoxy) is 4. The van der Waals surface area contributed by atoms with E-state index in [4.69, 9.17) is 25.4 Å². The van der Waals surface area contributed by atoms with E-state index in [1.807, 2.05) is 48.5 Å². The highest BCUT2D eigenvalue weighted by Gasteiger charge is 2.13. The number of anilines is 4. The van der Waals surface area contributed by atoms with Gasteiger partial charge in [-0.05, 0) is 48.5 Å². The molecule has 0 aliphatic rings. The number of benzene rings is 4. The van der Waals surface area contributed by atoms with Gasteiger partial charge in [0.05, 0.1) is 24.2 Å². The first-order valence-electron chi connectivity index (χ1n) is 18.7. The summed E-state index contributed by atoms with van der Waals surface area (Å²) in [4.78, 5) is 17.2. The van der Waals surface area contributed by atoms with Crippen LogP contribution < -0.4 is 20.1 Å². The van der Waals surface area contributed by atoms with Crippen molar-refractivity contribution in [1.29, 1.82) is 0 Å². The Morgan fingerprint density at radius 1 is 0.644 bits per heavy atom. The minimum absolute atomic E-state index is 0.0289. The van der Waals surface area contributed by atoms with Crippen LogP contribution >= 0.6 is 15.9 Å². The van der Waals surface area contributed by atoms with E-state index >= 15 is 0 Å². The van der Waals surface area contributed by atoms with Gasteiger partial charge in [-0.1, -0.05) is 73.3 Å². The predicted octanol–water partition coefficient (Wildman–Crippen LogP) is 9.70. The van der Waals surface area contributed by atoms with Crippen molar-refractivity contribution < 1.29 is 29.2 Å². The van der Waals surface area contributed by atoms with Crippen LogP contribution in [0.25, 0.3) is 21.8 Å². The zero-order valence-electron chi connectivity index (χ0n) is 34.7. The lowest BCUT2D eigenvalue weighted by Gasteiger charge is -2.12. The summed E-state index contributed by atoms with van der Waals surface area (Å²) >= 11 is 3.44. The van der Waals surface area contributed by atoms with Gasteiger partial charge in [0.25, 0.3) is 0 Å². The first-order valence-corrected chi connectivity index (χ1v) is 26.5. The molecule has 0 unspecified atom stereocenters. The minimum atomic E-state index is -1.44. The number of hydrogen-bond donors (Lipinski definition) is 4. The number of hydrogen-bond acceptors (Lipinski definition) is 12.